The van der Waals surface area contributed by atoms with E-state index in [1.807, 2.05) is 29.6 Å². The normalized spacial score (nSPS) is 10.2. The summed E-state index contributed by atoms with van der Waals surface area (Å²) in [4.78, 5) is 12.0. The summed E-state index contributed by atoms with van der Waals surface area (Å²) in [5.41, 5.74) is 1.89. The van der Waals surface area contributed by atoms with Crippen molar-refractivity contribution in [2.75, 3.05) is 7.11 Å². The Kier molecular flexibility index (Phi) is 3.94. The van der Waals surface area contributed by atoms with Crippen molar-refractivity contribution in [1.29, 1.82) is 0 Å². The maximum atomic E-state index is 12.0. The standard InChI is InChI=1S/C14H14O2S/c1-16-14-5-3-2-4-12(14)13(15)7-6-11-8-9-17-10-11/h2-5,8-10H,6-7H2,1H3. The molecule has 0 aliphatic carbocycles. The Morgan fingerprint density at radius 1 is 1.29 bits per heavy atom. The van der Waals surface area contributed by atoms with Crippen LogP contribution in [-0.4, -0.2) is 12.9 Å². The third kappa shape index (κ3) is 2.94. The number of benzene rings is 1. The highest BCUT2D eigenvalue weighted by atomic mass is 32.1. The van der Waals surface area contributed by atoms with Crippen molar-refractivity contribution in [1.82, 2.24) is 0 Å². The van der Waals surface area contributed by atoms with Crippen LogP contribution in [0.5, 0.6) is 5.75 Å². The summed E-state index contributed by atoms with van der Waals surface area (Å²) in [6, 6.07) is 9.42. The molecular weight excluding hydrogens is 232 g/mol. The van der Waals surface area contributed by atoms with Gasteiger partial charge in [-0.3, -0.25) is 4.79 Å². The first-order valence-electron chi connectivity index (χ1n) is 5.48. The van der Waals surface area contributed by atoms with Crippen molar-refractivity contribution >= 4 is 17.1 Å². The maximum Gasteiger partial charge on any atom is 0.166 e. The third-order valence-electron chi connectivity index (χ3n) is 2.63. The van der Waals surface area contributed by atoms with Gasteiger partial charge in [-0.1, -0.05) is 12.1 Å². The molecule has 2 nitrogen and oxygen atoms in total. The van der Waals surface area contributed by atoms with Gasteiger partial charge in [-0.05, 0) is 40.9 Å². The summed E-state index contributed by atoms with van der Waals surface area (Å²) in [5.74, 6) is 0.788. The highest BCUT2D eigenvalue weighted by molar-refractivity contribution is 7.07. The lowest BCUT2D eigenvalue weighted by molar-refractivity contribution is 0.0980. The van der Waals surface area contributed by atoms with Crippen LogP contribution in [0.2, 0.25) is 0 Å². The van der Waals surface area contributed by atoms with Gasteiger partial charge in [0.25, 0.3) is 0 Å². The van der Waals surface area contributed by atoms with Crippen molar-refractivity contribution < 1.29 is 9.53 Å². The van der Waals surface area contributed by atoms with Crippen LogP contribution in [0.15, 0.2) is 41.1 Å². The Labute approximate surface area is 105 Å². The average Bonchev–Trinajstić information content (AvgIpc) is 2.89. The Bertz CT molecular complexity index is 489. The molecule has 1 aromatic carbocycles. The molecule has 3 heteroatoms. The zero-order valence-electron chi connectivity index (χ0n) is 9.68. The summed E-state index contributed by atoms with van der Waals surface area (Å²) >= 11 is 1.66. The molecule has 0 spiro atoms. The number of carbonyl (C=O) groups is 1. The molecule has 0 amide bonds. The van der Waals surface area contributed by atoms with Gasteiger partial charge in [-0.15, -0.1) is 0 Å². The second kappa shape index (κ2) is 5.64. The molecule has 0 bridgehead atoms. The quantitative estimate of drug-likeness (QED) is 0.754. The molecule has 17 heavy (non-hydrogen) atoms. The van der Waals surface area contributed by atoms with Crippen LogP contribution in [-0.2, 0) is 6.42 Å². The lowest BCUT2D eigenvalue weighted by Crippen LogP contribution is -2.03. The maximum absolute atomic E-state index is 12.0. The zero-order valence-corrected chi connectivity index (χ0v) is 10.5. The first kappa shape index (κ1) is 11.9. The number of hydrogen-bond acceptors (Lipinski definition) is 3. The highest BCUT2D eigenvalue weighted by Gasteiger charge is 2.11. The number of Topliss-reactive ketones (excluding diaryl/α,β-unsaturated/α-hetero) is 1. The highest BCUT2D eigenvalue weighted by Crippen LogP contribution is 2.20. The molecule has 1 heterocycles. The number of aryl methyl sites for hydroxylation is 1. The summed E-state index contributed by atoms with van der Waals surface area (Å²) in [6.45, 7) is 0. The van der Waals surface area contributed by atoms with E-state index in [1.54, 1.807) is 18.4 Å². The summed E-state index contributed by atoms with van der Waals surface area (Å²) < 4.78 is 5.18. The van der Waals surface area contributed by atoms with Crippen molar-refractivity contribution in [3.8, 4) is 5.75 Å². The molecule has 0 atom stereocenters. The molecule has 0 saturated carbocycles. The van der Waals surface area contributed by atoms with E-state index in [9.17, 15) is 4.79 Å². The molecule has 0 aliphatic rings. The largest absolute Gasteiger partial charge is 0.496 e. The van der Waals surface area contributed by atoms with Gasteiger partial charge in [-0.25, -0.2) is 0 Å². The Hall–Kier alpha value is -1.61. The van der Waals surface area contributed by atoms with Crippen molar-refractivity contribution in [2.45, 2.75) is 12.8 Å². The number of hydrogen-bond donors (Lipinski definition) is 0. The molecule has 88 valence electrons. The summed E-state index contributed by atoms with van der Waals surface area (Å²) in [6.07, 6.45) is 1.32. The number of para-hydroxylation sites is 1. The fourth-order valence-corrected chi connectivity index (χ4v) is 2.41. The van der Waals surface area contributed by atoms with E-state index >= 15 is 0 Å². The van der Waals surface area contributed by atoms with Crippen LogP contribution in [0.4, 0.5) is 0 Å². The number of ether oxygens (including phenoxy) is 1. The van der Waals surface area contributed by atoms with Crippen LogP contribution >= 0.6 is 11.3 Å². The minimum absolute atomic E-state index is 0.133. The van der Waals surface area contributed by atoms with E-state index in [-0.39, 0.29) is 5.78 Å². The molecular formula is C14H14O2S. The fourth-order valence-electron chi connectivity index (χ4n) is 1.70. The van der Waals surface area contributed by atoms with Gasteiger partial charge < -0.3 is 4.74 Å². The van der Waals surface area contributed by atoms with Crippen LogP contribution in [0, 0.1) is 0 Å². The fraction of sp³-hybridized carbons (Fsp3) is 0.214. The second-order valence-corrected chi connectivity index (χ2v) is 4.54. The van der Waals surface area contributed by atoms with Gasteiger partial charge in [0.15, 0.2) is 5.78 Å². The van der Waals surface area contributed by atoms with E-state index in [2.05, 4.69) is 11.4 Å². The third-order valence-corrected chi connectivity index (χ3v) is 3.36. The van der Waals surface area contributed by atoms with E-state index in [0.717, 1.165) is 6.42 Å². The molecule has 2 aromatic rings. The molecule has 0 unspecified atom stereocenters. The first-order valence-corrected chi connectivity index (χ1v) is 6.43. The van der Waals surface area contributed by atoms with Crippen LogP contribution in [0.25, 0.3) is 0 Å². The van der Waals surface area contributed by atoms with Crippen LogP contribution in [0.3, 0.4) is 0 Å². The number of thiophene rings is 1. The SMILES string of the molecule is COc1ccccc1C(=O)CCc1ccsc1. The average molecular weight is 246 g/mol. The van der Waals surface area contributed by atoms with Crippen LogP contribution < -0.4 is 4.74 Å². The zero-order chi connectivity index (χ0) is 12.1. The van der Waals surface area contributed by atoms with E-state index in [0.29, 0.717) is 17.7 Å². The molecule has 0 aliphatic heterocycles. The number of rotatable bonds is 5. The lowest BCUT2D eigenvalue weighted by Gasteiger charge is -2.06. The van der Waals surface area contributed by atoms with Gasteiger partial charge in [0.1, 0.15) is 5.75 Å². The Morgan fingerprint density at radius 2 is 2.12 bits per heavy atom. The van der Waals surface area contributed by atoms with Gasteiger partial charge in [0, 0.05) is 6.42 Å². The molecule has 1 aromatic heterocycles. The lowest BCUT2D eigenvalue weighted by atomic mass is 10.0. The topological polar surface area (TPSA) is 26.3 Å². The number of methoxy groups -OCH3 is 1. The number of carbonyl (C=O) groups excluding carboxylic acids is 1. The summed E-state index contributed by atoms with van der Waals surface area (Å²) in [7, 11) is 1.59. The monoisotopic (exact) mass is 246 g/mol. The smallest absolute Gasteiger partial charge is 0.166 e. The molecule has 0 saturated heterocycles. The molecule has 0 radical (unpaired) electrons. The molecule has 0 N–H and O–H groups in total. The van der Waals surface area contributed by atoms with E-state index in [4.69, 9.17) is 4.74 Å². The van der Waals surface area contributed by atoms with Gasteiger partial charge in [0.05, 0.1) is 12.7 Å². The van der Waals surface area contributed by atoms with Crippen molar-refractivity contribution in [2.24, 2.45) is 0 Å². The van der Waals surface area contributed by atoms with Crippen molar-refractivity contribution in [3.05, 3.63) is 52.2 Å². The van der Waals surface area contributed by atoms with Gasteiger partial charge in [-0.2, -0.15) is 11.3 Å². The second-order valence-electron chi connectivity index (χ2n) is 3.76. The van der Waals surface area contributed by atoms with E-state index in [1.165, 1.54) is 5.56 Å². The van der Waals surface area contributed by atoms with Crippen LogP contribution in [0.1, 0.15) is 22.3 Å². The van der Waals surface area contributed by atoms with Crippen molar-refractivity contribution in [3.63, 3.8) is 0 Å². The Morgan fingerprint density at radius 3 is 2.82 bits per heavy atom. The minimum atomic E-state index is 0.133. The molecule has 0 fully saturated rings. The first-order chi connectivity index (χ1) is 8.31. The molecule has 2 rings (SSSR count). The summed E-state index contributed by atoms with van der Waals surface area (Å²) in [5, 5.41) is 4.11. The van der Waals surface area contributed by atoms with Gasteiger partial charge in [0.2, 0.25) is 0 Å². The predicted molar refractivity (Wildman–Crippen MR) is 70.0 cm³/mol. The van der Waals surface area contributed by atoms with Gasteiger partial charge >= 0.3 is 0 Å². The Balaban J connectivity index is 2.04. The predicted octanol–water partition coefficient (Wildman–Crippen LogP) is 3.57. The van der Waals surface area contributed by atoms with E-state index < -0.39 is 0 Å². The number of ketones is 1. The minimum Gasteiger partial charge on any atom is -0.496 e.